The molecule has 2 aliphatic heterocycles. The Morgan fingerprint density at radius 1 is 1.00 bits per heavy atom. The zero-order valence-corrected chi connectivity index (χ0v) is 16.1. The zero-order valence-electron chi connectivity index (χ0n) is 16.1. The van der Waals surface area contributed by atoms with Crippen LogP contribution in [0.5, 0.6) is 0 Å². The highest BCUT2D eigenvalue weighted by Gasteiger charge is 2.36. The van der Waals surface area contributed by atoms with E-state index in [1.54, 1.807) is 0 Å². The number of aliphatic hydroxyl groups excluding tert-OH is 1. The van der Waals surface area contributed by atoms with E-state index in [-0.39, 0.29) is 0 Å². The SMILES string of the molecule is OCC1CN(CC2CCCCCCC2)CCC1N1CNc2ccccc21. The Kier molecular flexibility index (Phi) is 6.01. The predicted molar refractivity (Wildman–Crippen MR) is 109 cm³/mol. The molecule has 1 aromatic carbocycles. The van der Waals surface area contributed by atoms with Gasteiger partial charge in [-0.25, -0.2) is 0 Å². The zero-order chi connectivity index (χ0) is 17.8. The van der Waals surface area contributed by atoms with Gasteiger partial charge in [-0.05, 0) is 37.3 Å². The van der Waals surface area contributed by atoms with E-state index in [1.165, 1.54) is 69.4 Å². The Morgan fingerprint density at radius 3 is 2.58 bits per heavy atom. The lowest BCUT2D eigenvalue weighted by molar-refractivity contribution is 0.0861. The van der Waals surface area contributed by atoms with Gasteiger partial charge in [-0.3, -0.25) is 0 Å². The molecule has 0 amide bonds. The van der Waals surface area contributed by atoms with Crippen LogP contribution in [0.25, 0.3) is 0 Å². The van der Waals surface area contributed by atoms with Crippen molar-refractivity contribution < 1.29 is 5.11 Å². The summed E-state index contributed by atoms with van der Waals surface area (Å²) in [4.78, 5) is 5.14. The highest BCUT2D eigenvalue weighted by molar-refractivity contribution is 5.75. The van der Waals surface area contributed by atoms with Crippen LogP contribution in [0.1, 0.15) is 51.4 Å². The molecule has 2 heterocycles. The second-order valence-electron chi connectivity index (χ2n) is 8.59. The van der Waals surface area contributed by atoms with E-state index in [4.69, 9.17) is 0 Å². The molecule has 4 nitrogen and oxygen atoms in total. The molecule has 1 saturated carbocycles. The van der Waals surface area contributed by atoms with E-state index in [9.17, 15) is 5.11 Å². The Balaban J connectivity index is 1.37. The van der Waals surface area contributed by atoms with Crippen molar-refractivity contribution in [2.24, 2.45) is 11.8 Å². The first-order valence-corrected chi connectivity index (χ1v) is 10.8. The first-order chi connectivity index (χ1) is 12.8. The molecule has 144 valence electrons. The Bertz CT molecular complexity index is 570. The molecule has 4 heteroatoms. The van der Waals surface area contributed by atoms with Crippen LogP contribution in [0.15, 0.2) is 24.3 Å². The number of nitrogens with zero attached hydrogens (tertiary/aromatic N) is 2. The number of piperidine rings is 1. The molecule has 26 heavy (non-hydrogen) atoms. The van der Waals surface area contributed by atoms with Gasteiger partial charge in [0, 0.05) is 38.2 Å². The fraction of sp³-hybridized carbons (Fsp3) is 0.727. The number of hydrogen-bond donors (Lipinski definition) is 2. The van der Waals surface area contributed by atoms with Crippen molar-refractivity contribution >= 4 is 11.4 Å². The topological polar surface area (TPSA) is 38.7 Å². The molecule has 2 unspecified atom stereocenters. The van der Waals surface area contributed by atoms with E-state index in [1.807, 2.05) is 0 Å². The molecule has 2 N–H and O–H groups in total. The van der Waals surface area contributed by atoms with Crippen LogP contribution in [0.2, 0.25) is 0 Å². The molecular formula is C22H35N3O. The minimum absolute atomic E-state index is 0.296. The minimum atomic E-state index is 0.296. The van der Waals surface area contributed by atoms with Crippen molar-refractivity contribution in [2.75, 3.05) is 43.1 Å². The maximum absolute atomic E-state index is 10.1. The van der Waals surface area contributed by atoms with E-state index >= 15 is 0 Å². The third-order valence-electron chi connectivity index (χ3n) is 6.81. The second-order valence-corrected chi connectivity index (χ2v) is 8.59. The molecule has 3 aliphatic rings. The number of nitrogens with one attached hydrogen (secondary N) is 1. The first-order valence-electron chi connectivity index (χ1n) is 10.8. The van der Waals surface area contributed by atoms with Gasteiger partial charge in [-0.2, -0.15) is 0 Å². The van der Waals surface area contributed by atoms with Crippen molar-refractivity contribution in [3.8, 4) is 0 Å². The fourth-order valence-electron chi connectivity index (χ4n) is 5.36. The number of benzene rings is 1. The second kappa shape index (κ2) is 8.62. The van der Waals surface area contributed by atoms with Gasteiger partial charge in [0.1, 0.15) is 0 Å². The molecule has 0 aromatic heterocycles. The Hall–Kier alpha value is -1.26. The maximum atomic E-state index is 10.1. The largest absolute Gasteiger partial charge is 0.396 e. The van der Waals surface area contributed by atoms with Crippen LogP contribution in [-0.2, 0) is 0 Å². The lowest BCUT2D eigenvalue weighted by Gasteiger charge is -2.43. The number of likely N-dealkylation sites (tertiary alicyclic amines) is 1. The van der Waals surface area contributed by atoms with Crippen LogP contribution in [-0.4, -0.2) is 49.0 Å². The lowest BCUT2D eigenvalue weighted by atomic mass is 9.87. The maximum Gasteiger partial charge on any atom is 0.0880 e. The average Bonchev–Trinajstić information content (AvgIpc) is 3.07. The van der Waals surface area contributed by atoms with Gasteiger partial charge in [0.15, 0.2) is 0 Å². The molecule has 2 atom stereocenters. The predicted octanol–water partition coefficient (Wildman–Crippen LogP) is 3.92. The molecule has 1 saturated heterocycles. The van der Waals surface area contributed by atoms with Gasteiger partial charge >= 0.3 is 0 Å². The van der Waals surface area contributed by atoms with Gasteiger partial charge in [-0.1, -0.05) is 44.2 Å². The molecule has 2 fully saturated rings. The number of para-hydroxylation sites is 2. The van der Waals surface area contributed by atoms with E-state index in [2.05, 4.69) is 39.4 Å². The van der Waals surface area contributed by atoms with Crippen molar-refractivity contribution in [1.29, 1.82) is 0 Å². The van der Waals surface area contributed by atoms with Crippen molar-refractivity contribution in [3.63, 3.8) is 0 Å². The third kappa shape index (κ3) is 4.01. The Morgan fingerprint density at radius 2 is 1.77 bits per heavy atom. The van der Waals surface area contributed by atoms with Crippen LogP contribution in [0.3, 0.4) is 0 Å². The first kappa shape index (κ1) is 18.1. The van der Waals surface area contributed by atoms with Crippen molar-refractivity contribution in [3.05, 3.63) is 24.3 Å². The summed E-state index contributed by atoms with van der Waals surface area (Å²) < 4.78 is 0. The van der Waals surface area contributed by atoms with Gasteiger partial charge in [-0.15, -0.1) is 0 Å². The number of aliphatic hydroxyl groups is 1. The van der Waals surface area contributed by atoms with Crippen LogP contribution >= 0.6 is 0 Å². The van der Waals surface area contributed by atoms with Crippen LogP contribution in [0.4, 0.5) is 11.4 Å². The quantitative estimate of drug-likeness (QED) is 0.857. The molecule has 0 spiro atoms. The van der Waals surface area contributed by atoms with E-state index in [0.29, 0.717) is 18.6 Å². The molecule has 0 radical (unpaired) electrons. The van der Waals surface area contributed by atoms with Gasteiger partial charge in [0.05, 0.1) is 18.0 Å². The van der Waals surface area contributed by atoms with E-state index < -0.39 is 0 Å². The summed E-state index contributed by atoms with van der Waals surface area (Å²) in [5.74, 6) is 1.23. The van der Waals surface area contributed by atoms with Crippen molar-refractivity contribution in [2.45, 2.75) is 57.4 Å². The highest BCUT2D eigenvalue weighted by atomic mass is 16.3. The summed E-state index contributed by atoms with van der Waals surface area (Å²) in [6, 6.07) is 9.04. The minimum Gasteiger partial charge on any atom is -0.396 e. The van der Waals surface area contributed by atoms with E-state index in [0.717, 1.165) is 25.6 Å². The van der Waals surface area contributed by atoms with Gasteiger partial charge in [0.25, 0.3) is 0 Å². The number of fused-ring (bicyclic) bond motifs is 1. The molecule has 1 aromatic rings. The fourth-order valence-corrected chi connectivity index (χ4v) is 5.36. The normalized spacial score (nSPS) is 28.3. The monoisotopic (exact) mass is 357 g/mol. The molecule has 1 aliphatic carbocycles. The molecule has 0 bridgehead atoms. The average molecular weight is 358 g/mol. The number of rotatable bonds is 4. The Labute approximate surface area is 158 Å². The summed E-state index contributed by atoms with van der Waals surface area (Å²) >= 11 is 0. The van der Waals surface area contributed by atoms with Crippen LogP contribution < -0.4 is 10.2 Å². The molecular weight excluding hydrogens is 322 g/mol. The third-order valence-corrected chi connectivity index (χ3v) is 6.81. The summed E-state index contributed by atoms with van der Waals surface area (Å²) in [7, 11) is 0. The van der Waals surface area contributed by atoms with Gasteiger partial charge in [0.2, 0.25) is 0 Å². The summed E-state index contributed by atoms with van der Waals surface area (Å²) in [5.41, 5.74) is 2.55. The standard InChI is InChI=1S/C22H35N3O/c26-16-19-15-24(14-18-8-4-2-1-3-5-9-18)13-12-21(19)25-17-23-20-10-6-7-11-22(20)25/h6-7,10-11,18-19,21,23,26H,1-5,8-9,12-17H2. The van der Waals surface area contributed by atoms with Crippen molar-refractivity contribution in [1.82, 2.24) is 4.90 Å². The van der Waals surface area contributed by atoms with Gasteiger partial charge < -0.3 is 20.2 Å². The molecule has 4 rings (SSSR count). The number of hydrogen-bond acceptors (Lipinski definition) is 4. The summed E-state index contributed by atoms with van der Waals surface area (Å²) in [5, 5.41) is 13.6. The summed E-state index contributed by atoms with van der Waals surface area (Å²) in [6.45, 7) is 4.65. The summed E-state index contributed by atoms with van der Waals surface area (Å²) in [6.07, 6.45) is 11.1. The smallest absolute Gasteiger partial charge is 0.0880 e. The highest BCUT2D eigenvalue weighted by Crippen LogP contribution is 2.36. The lowest BCUT2D eigenvalue weighted by Crippen LogP contribution is -2.53. The van der Waals surface area contributed by atoms with Crippen LogP contribution in [0, 0.1) is 11.8 Å². The number of anilines is 2.